The van der Waals surface area contributed by atoms with Crippen molar-refractivity contribution in [1.82, 2.24) is 9.29 Å². The van der Waals surface area contributed by atoms with E-state index in [-0.39, 0.29) is 17.0 Å². The zero-order valence-corrected chi connectivity index (χ0v) is 11.2. The summed E-state index contributed by atoms with van der Waals surface area (Å²) in [4.78, 5) is 2.74. The van der Waals surface area contributed by atoms with Gasteiger partial charge in [-0.3, -0.25) is 0 Å². The van der Waals surface area contributed by atoms with E-state index in [1.165, 1.54) is 4.31 Å². The Labute approximate surface area is 107 Å². The lowest BCUT2D eigenvalue weighted by molar-refractivity contribution is 0.261. The molecule has 0 bridgehead atoms. The third kappa shape index (κ3) is 2.42. The van der Waals surface area contributed by atoms with Crippen molar-refractivity contribution < 1.29 is 8.42 Å². The van der Waals surface area contributed by atoms with Crippen LogP contribution in [0.1, 0.15) is 25.7 Å². The van der Waals surface area contributed by atoms with E-state index in [1.807, 2.05) is 0 Å². The van der Waals surface area contributed by atoms with E-state index >= 15 is 0 Å². The minimum absolute atomic E-state index is 0.00269. The molecule has 1 aliphatic carbocycles. The Morgan fingerprint density at radius 2 is 2.06 bits per heavy atom. The number of nitriles is 1. The minimum atomic E-state index is -3.42. The van der Waals surface area contributed by atoms with Crippen molar-refractivity contribution in [2.75, 3.05) is 7.05 Å². The lowest BCUT2D eigenvalue weighted by Crippen LogP contribution is -2.39. The van der Waals surface area contributed by atoms with Crippen molar-refractivity contribution >= 4 is 10.0 Å². The van der Waals surface area contributed by atoms with Crippen LogP contribution in [-0.4, -0.2) is 30.8 Å². The Morgan fingerprint density at radius 3 is 2.56 bits per heavy atom. The van der Waals surface area contributed by atoms with E-state index in [4.69, 9.17) is 5.26 Å². The van der Waals surface area contributed by atoms with E-state index < -0.39 is 10.0 Å². The number of nitrogens with one attached hydrogen (secondary N) is 1. The van der Waals surface area contributed by atoms with Crippen LogP contribution < -0.4 is 0 Å². The molecule has 6 heteroatoms. The molecule has 0 amide bonds. The molecule has 0 saturated heterocycles. The van der Waals surface area contributed by atoms with Crippen molar-refractivity contribution in [1.29, 1.82) is 5.26 Å². The van der Waals surface area contributed by atoms with Crippen LogP contribution in [0.25, 0.3) is 0 Å². The molecule has 1 fully saturated rings. The first-order valence-corrected chi connectivity index (χ1v) is 7.50. The van der Waals surface area contributed by atoms with Crippen LogP contribution in [0.5, 0.6) is 0 Å². The summed E-state index contributed by atoms with van der Waals surface area (Å²) in [5.74, 6) is 0.0860. The van der Waals surface area contributed by atoms with Gasteiger partial charge in [0, 0.05) is 25.2 Å². The van der Waals surface area contributed by atoms with Gasteiger partial charge in [0.2, 0.25) is 0 Å². The molecule has 1 N–H and O–H groups in total. The zero-order valence-electron chi connectivity index (χ0n) is 10.3. The van der Waals surface area contributed by atoms with E-state index in [1.54, 1.807) is 25.4 Å². The largest absolute Gasteiger partial charge is 0.351 e. The Morgan fingerprint density at radius 1 is 1.39 bits per heavy atom. The maximum atomic E-state index is 12.3. The van der Waals surface area contributed by atoms with Gasteiger partial charge in [-0.1, -0.05) is 0 Å². The number of nitrogens with zero attached hydrogens (tertiary/aromatic N) is 2. The van der Waals surface area contributed by atoms with Crippen LogP contribution in [0.3, 0.4) is 0 Å². The first-order valence-electron chi connectivity index (χ1n) is 6.06. The van der Waals surface area contributed by atoms with Crippen LogP contribution >= 0.6 is 0 Å². The highest BCUT2D eigenvalue weighted by Gasteiger charge is 2.31. The van der Waals surface area contributed by atoms with Gasteiger partial charge in [0.15, 0.2) is 0 Å². The summed E-state index contributed by atoms with van der Waals surface area (Å²) in [6.07, 6.45) is 4.69. The maximum absolute atomic E-state index is 12.3. The molecule has 1 heterocycles. The predicted molar refractivity (Wildman–Crippen MR) is 67.1 cm³/mol. The first-order chi connectivity index (χ1) is 8.55. The van der Waals surface area contributed by atoms with Gasteiger partial charge in [0.1, 0.15) is 5.03 Å². The molecule has 98 valence electrons. The molecule has 0 aromatic carbocycles. The predicted octanol–water partition coefficient (Wildman–Crippen LogP) is 1.72. The number of hydrogen-bond acceptors (Lipinski definition) is 3. The third-order valence-corrected chi connectivity index (χ3v) is 5.49. The monoisotopic (exact) mass is 267 g/mol. The van der Waals surface area contributed by atoms with Gasteiger partial charge >= 0.3 is 0 Å². The van der Waals surface area contributed by atoms with E-state index in [2.05, 4.69) is 11.1 Å². The van der Waals surface area contributed by atoms with Crippen LogP contribution in [-0.2, 0) is 10.0 Å². The summed E-state index contributed by atoms with van der Waals surface area (Å²) in [7, 11) is -1.81. The van der Waals surface area contributed by atoms with Crippen molar-refractivity contribution in [3.63, 3.8) is 0 Å². The van der Waals surface area contributed by atoms with Crippen LogP contribution in [0.4, 0.5) is 0 Å². The molecule has 5 nitrogen and oxygen atoms in total. The van der Waals surface area contributed by atoms with Crippen molar-refractivity contribution in [3.05, 3.63) is 18.3 Å². The molecule has 0 radical (unpaired) electrons. The molecule has 0 atom stereocenters. The highest BCUT2D eigenvalue weighted by molar-refractivity contribution is 7.89. The number of aromatic nitrogens is 1. The fourth-order valence-electron chi connectivity index (χ4n) is 2.39. The van der Waals surface area contributed by atoms with Crippen LogP contribution in [0, 0.1) is 17.2 Å². The van der Waals surface area contributed by atoms with Gasteiger partial charge < -0.3 is 4.98 Å². The number of hydrogen-bond donors (Lipinski definition) is 1. The number of H-pyrrole nitrogens is 1. The molecule has 1 aliphatic rings. The Balaban J connectivity index is 2.09. The smallest absolute Gasteiger partial charge is 0.258 e. The van der Waals surface area contributed by atoms with Gasteiger partial charge in [-0.2, -0.15) is 9.57 Å². The number of sulfonamides is 1. The molecular formula is C12H17N3O2S. The molecule has 0 spiro atoms. The number of rotatable bonds is 3. The summed E-state index contributed by atoms with van der Waals surface area (Å²) in [6, 6.07) is 5.49. The summed E-state index contributed by atoms with van der Waals surface area (Å²) in [5.41, 5.74) is 0. The molecule has 1 aromatic heterocycles. The maximum Gasteiger partial charge on any atom is 0.258 e. The molecule has 18 heavy (non-hydrogen) atoms. The third-order valence-electron chi connectivity index (χ3n) is 3.62. The van der Waals surface area contributed by atoms with Gasteiger partial charge in [-0.05, 0) is 37.8 Å². The zero-order chi connectivity index (χ0) is 13.2. The Hall–Kier alpha value is -1.32. The normalized spacial score (nSPS) is 24.9. The lowest BCUT2D eigenvalue weighted by Gasteiger charge is -2.31. The Kier molecular flexibility index (Phi) is 3.73. The second-order valence-electron chi connectivity index (χ2n) is 4.69. The minimum Gasteiger partial charge on any atom is -0.351 e. The average Bonchev–Trinajstić information content (AvgIpc) is 2.92. The molecular weight excluding hydrogens is 250 g/mol. The molecule has 0 aliphatic heterocycles. The lowest BCUT2D eigenvalue weighted by atomic mass is 9.87. The van der Waals surface area contributed by atoms with E-state index in [0.29, 0.717) is 0 Å². The van der Waals surface area contributed by atoms with Crippen molar-refractivity contribution in [2.45, 2.75) is 36.8 Å². The summed E-state index contributed by atoms with van der Waals surface area (Å²) in [6.45, 7) is 0. The first kappa shape index (κ1) is 13.1. The summed E-state index contributed by atoms with van der Waals surface area (Å²) >= 11 is 0. The van der Waals surface area contributed by atoms with Crippen LogP contribution in [0.2, 0.25) is 0 Å². The summed E-state index contributed by atoms with van der Waals surface area (Å²) in [5, 5.41) is 9.07. The SMILES string of the molecule is CN(C1CCC(C#N)CC1)S(=O)(=O)c1ccc[nH]1. The standard InChI is InChI=1S/C12H17N3O2S/c1-15(11-6-4-10(9-13)5-7-11)18(16,17)12-3-2-8-14-12/h2-3,8,10-11,14H,4-7H2,1H3. The van der Waals surface area contributed by atoms with Gasteiger partial charge in [-0.15, -0.1) is 0 Å². The van der Waals surface area contributed by atoms with Gasteiger partial charge in [0.25, 0.3) is 10.0 Å². The second-order valence-corrected chi connectivity index (χ2v) is 6.66. The highest BCUT2D eigenvalue weighted by atomic mass is 32.2. The van der Waals surface area contributed by atoms with Crippen molar-refractivity contribution in [2.24, 2.45) is 5.92 Å². The van der Waals surface area contributed by atoms with E-state index in [9.17, 15) is 8.42 Å². The number of aromatic amines is 1. The molecule has 0 unspecified atom stereocenters. The van der Waals surface area contributed by atoms with E-state index in [0.717, 1.165) is 25.7 Å². The fourth-order valence-corrected chi connectivity index (χ4v) is 3.78. The summed E-state index contributed by atoms with van der Waals surface area (Å²) < 4.78 is 26.0. The average molecular weight is 267 g/mol. The molecule has 1 aromatic rings. The topological polar surface area (TPSA) is 77.0 Å². The molecule has 1 saturated carbocycles. The van der Waals surface area contributed by atoms with Crippen molar-refractivity contribution in [3.8, 4) is 6.07 Å². The Bertz CT molecular complexity index is 522. The molecule has 2 rings (SSSR count). The highest BCUT2D eigenvalue weighted by Crippen LogP contribution is 2.29. The van der Waals surface area contributed by atoms with Gasteiger partial charge in [0.05, 0.1) is 6.07 Å². The van der Waals surface area contributed by atoms with Gasteiger partial charge in [-0.25, -0.2) is 8.42 Å². The van der Waals surface area contributed by atoms with Crippen LogP contribution in [0.15, 0.2) is 23.4 Å². The fraction of sp³-hybridized carbons (Fsp3) is 0.583. The quantitative estimate of drug-likeness (QED) is 0.905. The second kappa shape index (κ2) is 5.12.